The van der Waals surface area contributed by atoms with E-state index in [-0.39, 0.29) is 5.91 Å². The predicted molar refractivity (Wildman–Crippen MR) is 84.6 cm³/mol. The van der Waals surface area contributed by atoms with E-state index in [1.165, 1.54) is 31.5 Å². The van der Waals surface area contributed by atoms with E-state index in [0.29, 0.717) is 5.71 Å². The molecule has 0 spiro atoms. The number of likely N-dealkylation sites (tertiary alicyclic amines) is 1. The highest BCUT2D eigenvalue weighted by Crippen LogP contribution is 2.32. The predicted octanol–water partition coefficient (Wildman–Crippen LogP) is 1.56. The molecule has 112 valence electrons. The maximum atomic E-state index is 11.9. The molecule has 1 aromatic rings. The first-order valence-corrected chi connectivity index (χ1v) is 7.57. The van der Waals surface area contributed by atoms with Crippen LogP contribution in [0.2, 0.25) is 0 Å². The van der Waals surface area contributed by atoms with Crippen molar-refractivity contribution >= 4 is 17.3 Å². The molecule has 0 atom stereocenters. The number of nitrogens with one attached hydrogen (secondary N) is 1. The van der Waals surface area contributed by atoms with Gasteiger partial charge in [0.15, 0.2) is 5.71 Å². The molecule has 0 radical (unpaired) electrons. The summed E-state index contributed by atoms with van der Waals surface area (Å²) >= 11 is 0. The number of rotatable bonds is 3. The quantitative estimate of drug-likeness (QED) is 0.654. The molecule has 5 heteroatoms. The third-order valence-corrected chi connectivity index (χ3v) is 4.61. The normalized spacial score (nSPS) is 20.1. The fraction of sp³-hybridized carbons (Fsp3) is 0.500. The number of hydrazone groups is 1. The number of hydrogen-bond donors (Lipinski definition) is 2. The van der Waals surface area contributed by atoms with Gasteiger partial charge in [-0.3, -0.25) is 4.79 Å². The zero-order chi connectivity index (χ0) is 15.0. The molecule has 1 aromatic carbocycles. The molecule has 2 aliphatic rings. The van der Waals surface area contributed by atoms with Gasteiger partial charge in [0.2, 0.25) is 0 Å². The third-order valence-electron chi connectivity index (χ3n) is 4.61. The molecule has 0 unspecified atom stereocenters. The van der Waals surface area contributed by atoms with Gasteiger partial charge < -0.3 is 16.1 Å². The van der Waals surface area contributed by atoms with Crippen LogP contribution in [-0.4, -0.2) is 36.2 Å². The molecule has 0 aliphatic carbocycles. The number of nitrogens with two attached hydrogens (primary N) is 1. The Morgan fingerprint density at radius 2 is 2.05 bits per heavy atom. The van der Waals surface area contributed by atoms with Gasteiger partial charge in [0, 0.05) is 12.1 Å². The minimum Gasteiger partial charge on any atom is -0.322 e. The molecule has 0 saturated carbocycles. The minimum atomic E-state index is -0.199. The molecule has 3 N–H and O–H groups in total. The second-order valence-electron chi connectivity index (χ2n) is 5.96. The smallest absolute Gasteiger partial charge is 0.276 e. The molecule has 3 rings (SSSR count). The second-order valence-corrected chi connectivity index (χ2v) is 5.96. The van der Waals surface area contributed by atoms with Gasteiger partial charge in [-0.15, -0.1) is 0 Å². The van der Waals surface area contributed by atoms with Crippen LogP contribution >= 0.6 is 0 Å². The standard InChI is InChI=1S/C16H22N4O/c1-10-9-12(5-8-20-6-3-4-7-20)11(2)13-14(10)18-16(21)15(13)19-17/h9H,3-8,17H2,1-2H3,(H,18,19,21). The average molecular weight is 286 g/mol. The van der Waals surface area contributed by atoms with Crippen LogP contribution in [0.1, 0.15) is 35.1 Å². The van der Waals surface area contributed by atoms with Gasteiger partial charge in [0.05, 0.1) is 5.69 Å². The Morgan fingerprint density at radius 1 is 1.33 bits per heavy atom. The highest BCUT2D eigenvalue weighted by atomic mass is 16.2. The highest BCUT2D eigenvalue weighted by Gasteiger charge is 2.30. The monoisotopic (exact) mass is 286 g/mol. The van der Waals surface area contributed by atoms with Gasteiger partial charge in [-0.2, -0.15) is 5.10 Å². The molecule has 21 heavy (non-hydrogen) atoms. The fourth-order valence-electron chi connectivity index (χ4n) is 3.40. The van der Waals surface area contributed by atoms with Crippen LogP contribution in [0.25, 0.3) is 0 Å². The Balaban J connectivity index is 1.91. The lowest BCUT2D eigenvalue weighted by Crippen LogP contribution is -2.22. The molecule has 0 bridgehead atoms. The summed E-state index contributed by atoms with van der Waals surface area (Å²) in [4.78, 5) is 14.4. The maximum absolute atomic E-state index is 11.9. The third kappa shape index (κ3) is 2.42. The van der Waals surface area contributed by atoms with Crippen LogP contribution in [0, 0.1) is 13.8 Å². The SMILES string of the molecule is Cc1cc(CCN2CCCC2)c(C)c2c1NC(=O)/C2=N\N. The summed E-state index contributed by atoms with van der Waals surface area (Å²) in [6, 6.07) is 2.18. The molecule has 1 saturated heterocycles. The summed E-state index contributed by atoms with van der Waals surface area (Å²) in [5.74, 6) is 5.20. The number of carbonyl (C=O) groups excluding carboxylic acids is 1. The summed E-state index contributed by atoms with van der Waals surface area (Å²) in [5.41, 5.74) is 5.60. The van der Waals surface area contributed by atoms with E-state index >= 15 is 0 Å². The lowest BCUT2D eigenvalue weighted by molar-refractivity contribution is -0.110. The van der Waals surface area contributed by atoms with Gasteiger partial charge in [0.1, 0.15) is 0 Å². The van der Waals surface area contributed by atoms with Crippen LogP contribution in [-0.2, 0) is 11.2 Å². The van der Waals surface area contributed by atoms with Crippen LogP contribution in [0.5, 0.6) is 0 Å². The second kappa shape index (κ2) is 5.48. The van der Waals surface area contributed by atoms with Crippen molar-refractivity contribution in [2.75, 3.05) is 25.0 Å². The minimum absolute atomic E-state index is 0.199. The van der Waals surface area contributed by atoms with Crippen molar-refractivity contribution in [1.82, 2.24) is 4.90 Å². The molecule has 5 nitrogen and oxygen atoms in total. The first-order valence-electron chi connectivity index (χ1n) is 7.57. The van der Waals surface area contributed by atoms with E-state index in [4.69, 9.17) is 5.84 Å². The molecular weight excluding hydrogens is 264 g/mol. The lowest BCUT2D eigenvalue weighted by atomic mass is 9.94. The zero-order valence-corrected chi connectivity index (χ0v) is 12.7. The van der Waals surface area contributed by atoms with E-state index in [1.807, 2.05) is 6.92 Å². The van der Waals surface area contributed by atoms with Crippen LogP contribution in [0.3, 0.4) is 0 Å². The average Bonchev–Trinajstić information content (AvgIpc) is 3.08. The number of carbonyl (C=O) groups is 1. The Labute approximate surface area is 125 Å². The summed E-state index contributed by atoms with van der Waals surface area (Å²) < 4.78 is 0. The number of aryl methyl sites for hydroxylation is 1. The summed E-state index contributed by atoms with van der Waals surface area (Å²) in [6.45, 7) is 7.58. The number of hydrogen-bond acceptors (Lipinski definition) is 4. The largest absolute Gasteiger partial charge is 0.322 e. The zero-order valence-electron chi connectivity index (χ0n) is 12.7. The fourth-order valence-corrected chi connectivity index (χ4v) is 3.40. The van der Waals surface area contributed by atoms with Crippen molar-refractivity contribution < 1.29 is 4.79 Å². The number of amides is 1. The molecule has 1 fully saturated rings. The van der Waals surface area contributed by atoms with Gasteiger partial charge in [0.25, 0.3) is 5.91 Å². The van der Waals surface area contributed by atoms with E-state index < -0.39 is 0 Å². The molecular formula is C16H22N4O. The van der Waals surface area contributed by atoms with E-state index in [1.54, 1.807) is 0 Å². The van der Waals surface area contributed by atoms with Crippen molar-refractivity contribution in [3.63, 3.8) is 0 Å². The van der Waals surface area contributed by atoms with Gasteiger partial charge >= 0.3 is 0 Å². The first kappa shape index (κ1) is 14.1. The maximum Gasteiger partial charge on any atom is 0.276 e. The van der Waals surface area contributed by atoms with Crippen molar-refractivity contribution in [3.8, 4) is 0 Å². The van der Waals surface area contributed by atoms with Crippen molar-refractivity contribution in [1.29, 1.82) is 0 Å². The topological polar surface area (TPSA) is 70.7 Å². The number of anilines is 1. The van der Waals surface area contributed by atoms with Crippen molar-refractivity contribution in [2.45, 2.75) is 33.1 Å². The Morgan fingerprint density at radius 3 is 2.71 bits per heavy atom. The molecule has 1 amide bonds. The Bertz CT molecular complexity index is 615. The van der Waals surface area contributed by atoms with Crippen LogP contribution in [0.15, 0.2) is 11.2 Å². The number of nitrogens with zero attached hydrogens (tertiary/aromatic N) is 2. The van der Waals surface area contributed by atoms with Gasteiger partial charge in [-0.05, 0) is 62.9 Å². The van der Waals surface area contributed by atoms with E-state index in [9.17, 15) is 4.79 Å². The molecule has 2 aliphatic heterocycles. The molecule has 2 heterocycles. The van der Waals surface area contributed by atoms with Crippen LogP contribution in [0.4, 0.5) is 5.69 Å². The van der Waals surface area contributed by atoms with E-state index in [2.05, 4.69) is 28.3 Å². The summed E-state index contributed by atoms with van der Waals surface area (Å²) in [5, 5.41) is 6.56. The van der Waals surface area contributed by atoms with Gasteiger partial charge in [-0.25, -0.2) is 0 Å². The first-order chi connectivity index (χ1) is 10.1. The van der Waals surface area contributed by atoms with Gasteiger partial charge in [-0.1, -0.05) is 6.07 Å². The highest BCUT2D eigenvalue weighted by molar-refractivity contribution is 6.54. The number of fused-ring (bicyclic) bond motifs is 1. The Kier molecular flexibility index (Phi) is 3.68. The van der Waals surface area contributed by atoms with Crippen LogP contribution < -0.4 is 11.2 Å². The lowest BCUT2D eigenvalue weighted by Gasteiger charge is -2.17. The van der Waals surface area contributed by atoms with Crippen molar-refractivity contribution in [3.05, 3.63) is 28.3 Å². The summed E-state index contributed by atoms with van der Waals surface area (Å²) in [7, 11) is 0. The Hall–Kier alpha value is -1.88. The van der Waals surface area contributed by atoms with Crippen molar-refractivity contribution in [2.24, 2.45) is 10.9 Å². The number of benzene rings is 1. The molecule has 0 aromatic heterocycles. The summed E-state index contributed by atoms with van der Waals surface area (Å²) in [6.07, 6.45) is 3.63. The van der Waals surface area contributed by atoms with E-state index in [0.717, 1.165) is 35.3 Å².